The molecule has 4 rings (SSSR count). The van der Waals surface area contributed by atoms with Gasteiger partial charge in [-0.3, -0.25) is 23.5 Å². The molecule has 0 spiro atoms. The standard InChI is InChI=1S/C29H36N4O6/c1-4-5-6-13-30-27(35)21-11-9-20(10-12-21)18-33-28(36)22-16-24(38-2)25(39-3)17-23(22)32(29(33)37)19-26(34)31-14-7-8-15-31/h9-12,16-17H,4-8,13-15,18-19H2,1-3H3,(H,30,35). The summed E-state index contributed by atoms with van der Waals surface area (Å²) >= 11 is 0. The molecular weight excluding hydrogens is 500 g/mol. The number of nitrogens with zero attached hydrogens (tertiary/aromatic N) is 3. The fraction of sp³-hybridized carbons (Fsp3) is 0.448. The van der Waals surface area contributed by atoms with Gasteiger partial charge in [-0.1, -0.05) is 31.9 Å². The van der Waals surface area contributed by atoms with E-state index in [1.54, 1.807) is 35.2 Å². The Morgan fingerprint density at radius 1 is 0.923 bits per heavy atom. The van der Waals surface area contributed by atoms with Gasteiger partial charge < -0.3 is 19.7 Å². The molecule has 3 aromatic rings. The number of ether oxygens (including phenoxy) is 2. The fourth-order valence-electron chi connectivity index (χ4n) is 4.86. The molecule has 2 amide bonds. The number of aromatic nitrogens is 2. The molecular formula is C29H36N4O6. The number of likely N-dealkylation sites (tertiary alicyclic amines) is 1. The van der Waals surface area contributed by atoms with Crippen LogP contribution in [0.1, 0.15) is 54.9 Å². The van der Waals surface area contributed by atoms with Crippen molar-refractivity contribution in [1.82, 2.24) is 19.4 Å². The zero-order valence-corrected chi connectivity index (χ0v) is 22.8. The van der Waals surface area contributed by atoms with E-state index in [9.17, 15) is 19.2 Å². The highest BCUT2D eigenvalue weighted by molar-refractivity contribution is 5.94. The van der Waals surface area contributed by atoms with Gasteiger partial charge in [0.05, 0.1) is 31.7 Å². The molecule has 0 unspecified atom stereocenters. The van der Waals surface area contributed by atoms with E-state index in [0.717, 1.165) is 36.7 Å². The van der Waals surface area contributed by atoms with Crippen molar-refractivity contribution >= 4 is 22.7 Å². The van der Waals surface area contributed by atoms with Crippen molar-refractivity contribution in [3.8, 4) is 11.5 Å². The van der Waals surface area contributed by atoms with Crippen molar-refractivity contribution in [3.05, 3.63) is 68.4 Å². The normalized spacial score (nSPS) is 13.1. The molecule has 0 atom stereocenters. The lowest BCUT2D eigenvalue weighted by Gasteiger charge is -2.19. The first kappa shape index (κ1) is 27.9. The molecule has 10 heteroatoms. The summed E-state index contributed by atoms with van der Waals surface area (Å²) < 4.78 is 13.2. The number of carbonyl (C=O) groups excluding carboxylic acids is 2. The van der Waals surface area contributed by atoms with Crippen LogP contribution in [0.2, 0.25) is 0 Å². The summed E-state index contributed by atoms with van der Waals surface area (Å²) in [6, 6.07) is 9.91. The summed E-state index contributed by atoms with van der Waals surface area (Å²) in [6.07, 6.45) is 4.92. The van der Waals surface area contributed by atoms with Gasteiger partial charge in [-0.25, -0.2) is 4.79 Å². The first-order valence-corrected chi connectivity index (χ1v) is 13.4. The Morgan fingerprint density at radius 3 is 2.23 bits per heavy atom. The second kappa shape index (κ2) is 12.6. The maximum Gasteiger partial charge on any atom is 0.332 e. The Balaban J connectivity index is 1.70. The third-order valence-electron chi connectivity index (χ3n) is 7.10. The smallest absolute Gasteiger partial charge is 0.332 e. The molecule has 1 N–H and O–H groups in total. The van der Waals surface area contributed by atoms with Crippen LogP contribution in [-0.4, -0.2) is 59.7 Å². The minimum atomic E-state index is -0.593. The van der Waals surface area contributed by atoms with Gasteiger partial charge >= 0.3 is 5.69 Å². The zero-order valence-electron chi connectivity index (χ0n) is 22.8. The molecule has 10 nitrogen and oxygen atoms in total. The highest BCUT2D eigenvalue weighted by atomic mass is 16.5. The van der Waals surface area contributed by atoms with Crippen LogP contribution >= 0.6 is 0 Å². The molecule has 0 saturated carbocycles. The predicted molar refractivity (Wildman–Crippen MR) is 149 cm³/mol. The Labute approximate surface area is 227 Å². The number of nitrogens with one attached hydrogen (secondary N) is 1. The maximum atomic E-state index is 13.7. The first-order valence-electron chi connectivity index (χ1n) is 13.4. The van der Waals surface area contributed by atoms with Crippen LogP contribution in [0.5, 0.6) is 11.5 Å². The van der Waals surface area contributed by atoms with Gasteiger partial charge in [-0.2, -0.15) is 0 Å². The van der Waals surface area contributed by atoms with Crippen LogP contribution < -0.4 is 26.0 Å². The number of rotatable bonds is 11. The quantitative estimate of drug-likeness (QED) is 0.377. The lowest BCUT2D eigenvalue weighted by Crippen LogP contribution is -2.43. The Morgan fingerprint density at radius 2 is 1.59 bits per heavy atom. The Kier molecular flexibility index (Phi) is 9.06. The molecule has 0 bridgehead atoms. The Bertz CT molecular complexity index is 1450. The van der Waals surface area contributed by atoms with E-state index in [1.165, 1.54) is 24.9 Å². The lowest BCUT2D eigenvalue weighted by atomic mass is 10.1. The topological polar surface area (TPSA) is 112 Å². The van der Waals surface area contributed by atoms with Gasteiger partial charge in [0, 0.05) is 31.3 Å². The molecule has 0 radical (unpaired) electrons. The number of hydrogen-bond acceptors (Lipinski definition) is 6. The summed E-state index contributed by atoms with van der Waals surface area (Å²) in [5.41, 5.74) is 0.394. The molecule has 1 saturated heterocycles. The van der Waals surface area contributed by atoms with Gasteiger partial charge in [-0.15, -0.1) is 0 Å². The molecule has 1 aromatic heterocycles. The number of methoxy groups -OCH3 is 2. The summed E-state index contributed by atoms with van der Waals surface area (Å²) in [4.78, 5) is 54.4. The minimum absolute atomic E-state index is 0.0156. The van der Waals surface area contributed by atoms with Gasteiger partial charge in [0.2, 0.25) is 5.91 Å². The number of hydrogen-bond donors (Lipinski definition) is 1. The third kappa shape index (κ3) is 6.16. The summed E-state index contributed by atoms with van der Waals surface area (Å²) in [5.74, 6) is 0.362. The summed E-state index contributed by atoms with van der Waals surface area (Å²) in [6.45, 7) is 3.82. The highest BCUT2D eigenvalue weighted by Gasteiger charge is 2.23. The van der Waals surface area contributed by atoms with Gasteiger partial charge in [0.1, 0.15) is 6.54 Å². The molecule has 2 heterocycles. The van der Waals surface area contributed by atoms with E-state index in [1.807, 2.05) is 0 Å². The number of amides is 2. The Hall–Kier alpha value is -4.08. The SMILES string of the molecule is CCCCCNC(=O)c1ccc(Cn2c(=O)c3cc(OC)c(OC)cc3n(CC(=O)N3CCCC3)c2=O)cc1. The van der Waals surface area contributed by atoms with E-state index < -0.39 is 11.2 Å². The molecule has 1 aliphatic rings. The molecule has 208 valence electrons. The third-order valence-corrected chi connectivity index (χ3v) is 7.10. The van der Waals surface area contributed by atoms with Gasteiger partial charge in [0.25, 0.3) is 11.5 Å². The van der Waals surface area contributed by atoms with Crippen LogP contribution in [0.3, 0.4) is 0 Å². The van der Waals surface area contributed by atoms with Crippen LogP contribution in [0.15, 0.2) is 46.0 Å². The molecule has 1 fully saturated rings. The van der Waals surface area contributed by atoms with E-state index in [2.05, 4.69) is 12.2 Å². The molecule has 1 aliphatic heterocycles. The van der Waals surface area contributed by atoms with Crippen LogP contribution in [0.4, 0.5) is 0 Å². The number of fused-ring (bicyclic) bond motifs is 1. The second-order valence-electron chi connectivity index (χ2n) is 9.73. The largest absolute Gasteiger partial charge is 0.493 e. The summed E-state index contributed by atoms with van der Waals surface area (Å²) in [5, 5.41) is 3.14. The van der Waals surface area contributed by atoms with Crippen molar-refractivity contribution in [1.29, 1.82) is 0 Å². The zero-order chi connectivity index (χ0) is 27.9. The molecule has 2 aromatic carbocycles. The monoisotopic (exact) mass is 536 g/mol. The van der Waals surface area contributed by atoms with Crippen molar-refractivity contribution in [3.63, 3.8) is 0 Å². The van der Waals surface area contributed by atoms with Gasteiger partial charge in [-0.05, 0) is 43.0 Å². The first-order chi connectivity index (χ1) is 18.9. The second-order valence-corrected chi connectivity index (χ2v) is 9.73. The van der Waals surface area contributed by atoms with Crippen molar-refractivity contribution in [2.45, 2.75) is 52.1 Å². The van der Waals surface area contributed by atoms with E-state index in [4.69, 9.17) is 9.47 Å². The number of benzene rings is 2. The fourth-order valence-corrected chi connectivity index (χ4v) is 4.86. The van der Waals surface area contributed by atoms with E-state index in [-0.39, 0.29) is 30.3 Å². The van der Waals surface area contributed by atoms with Crippen molar-refractivity contribution in [2.24, 2.45) is 0 Å². The average molecular weight is 537 g/mol. The van der Waals surface area contributed by atoms with Crippen molar-refractivity contribution < 1.29 is 19.1 Å². The van der Waals surface area contributed by atoms with Gasteiger partial charge in [0.15, 0.2) is 11.5 Å². The lowest BCUT2D eigenvalue weighted by molar-refractivity contribution is -0.130. The number of unbranched alkanes of at least 4 members (excludes halogenated alkanes) is 2. The van der Waals surface area contributed by atoms with Crippen LogP contribution in [-0.2, 0) is 17.9 Å². The van der Waals surface area contributed by atoms with Crippen LogP contribution in [0.25, 0.3) is 10.9 Å². The van der Waals surface area contributed by atoms with E-state index >= 15 is 0 Å². The van der Waals surface area contributed by atoms with E-state index in [0.29, 0.717) is 47.8 Å². The minimum Gasteiger partial charge on any atom is -0.493 e. The predicted octanol–water partition coefficient (Wildman–Crippen LogP) is 2.77. The molecule has 0 aliphatic carbocycles. The number of carbonyl (C=O) groups is 2. The average Bonchev–Trinajstić information content (AvgIpc) is 3.50. The highest BCUT2D eigenvalue weighted by Crippen LogP contribution is 2.30. The molecule has 39 heavy (non-hydrogen) atoms. The van der Waals surface area contributed by atoms with Crippen LogP contribution in [0, 0.1) is 0 Å². The van der Waals surface area contributed by atoms with Crippen molar-refractivity contribution in [2.75, 3.05) is 33.9 Å². The maximum absolute atomic E-state index is 13.7. The summed E-state index contributed by atoms with van der Waals surface area (Å²) in [7, 11) is 2.94.